The summed E-state index contributed by atoms with van der Waals surface area (Å²) >= 11 is 1.65. The molecule has 0 radical (unpaired) electrons. The summed E-state index contributed by atoms with van der Waals surface area (Å²) in [6, 6.07) is 6.58. The molecule has 3 nitrogen and oxygen atoms in total. The second-order valence-electron chi connectivity index (χ2n) is 4.43. The molecule has 2 N–H and O–H groups in total. The van der Waals surface area contributed by atoms with E-state index in [-0.39, 0.29) is 11.9 Å². The van der Waals surface area contributed by atoms with Crippen molar-refractivity contribution in [2.24, 2.45) is 5.73 Å². The number of rotatable bonds is 6. The van der Waals surface area contributed by atoms with Gasteiger partial charge in [-0.2, -0.15) is 5.10 Å². The molecule has 0 saturated heterocycles. The van der Waals surface area contributed by atoms with Crippen LogP contribution in [0.4, 0.5) is 4.39 Å². The highest BCUT2D eigenvalue weighted by molar-refractivity contribution is 7.99. The molecule has 1 heterocycles. The zero-order valence-corrected chi connectivity index (χ0v) is 11.7. The van der Waals surface area contributed by atoms with Crippen LogP contribution in [0, 0.1) is 5.82 Å². The predicted molar refractivity (Wildman–Crippen MR) is 76.7 cm³/mol. The quantitative estimate of drug-likeness (QED) is 0.827. The molecular weight excluding hydrogens is 261 g/mol. The maximum atomic E-state index is 12.8. The molecular formula is C14H18FN3S. The van der Waals surface area contributed by atoms with Gasteiger partial charge in [0.2, 0.25) is 0 Å². The number of hydrogen-bond donors (Lipinski definition) is 1. The Balaban J connectivity index is 1.81. The molecule has 0 amide bonds. The average Bonchev–Trinajstić information content (AvgIpc) is 2.86. The normalized spacial score (nSPS) is 12.6. The Kier molecular flexibility index (Phi) is 4.99. The van der Waals surface area contributed by atoms with Crippen molar-refractivity contribution in [1.82, 2.24) is 9.78 Å². The fourth-order valence-electron chi connectivity index (χ4n) is 1.78. The van der Waals surface area contributed by atoms with E-state index < -0.39 is 0 Å². The molecule has 1 aromatic carbocycles. The van der Waals surface area contributed by atoms with Gasteiger partial charge in [0.15, 0.2) is 0 Å². The topological polar surface area (TPSA) is 43.8 Å². The van der Waals surface area contributed by atoms with Gasteiger partial charge in [0.1, 0.15) is 5.82 Å². The lowest BCUT2D eigenvalue weighted by atomic mass is 10.1. The van der Waals surface area contributed by atoms with E-state index in [1.165, 1.54) is 12.1 Å². The van der Waals surface area contributed by atoms with Gasteiger partial charge in [-0.05, 0) is 43.2 Å². The van der Waals surface area contributed by atoms with E-state index in [1.807, 2.05) is 17.1 Å². The number of benzene rings is 1. The first-order chi connectivity index (χ1) is 9.17. The zero-order chi connectivity index (χ0) is 13.7. The summed E-state index contributed by atoms with van der Waals surface area (Å²) in [5, 5.41) is 4.23. The minimum absolute atomic E-state index is 0.0737. The maximum absolute atomic E-state index is 12.8. The van der Waals surface area contributed by atoms with Gasteiger partial charge in [-0.25, -0.2) is 4.39 Å². The number of aryl methyl sites for hydroxylation is 1. The molecule has 5 heteroatoms. The van der Waals surface area contributed by atoms with Crippen molar-refractivity contribution in [2.45, 2.75) is 30.8 Å². The van der Waals surface area contributed by atoms with Crippen LogP contribution in [-0.4, -0.2) is 21.6 Å². The zero-order valence-electron chi connectivity index (χ0n) is 10.9. The second kappa shape index (κ2) is 6.73. The molecule has 0 spiro atoms. The van der Waals surface area contributed by atoms with Gasteiger partial charge < -0.3 is 5.73 Å². The third-order valence-electron chi connectivity index (χ3n) is 2.79. The largest absolute Gasteiger partial charge is 0.327 e. The Morgan fingerprint density at radius 2 is 2.11 bits per heavy atom. The molecule has 0 bridgehead atoms. The van der Waals surface area contributed by atoms with Crippen LogP contribution in [-0.2, 0) is 13.0 Å². The first-order valence-corrected chi connectivity index (χ1v) is 7.31. The first-order valence-electron chi connectivity index (χ1n) is 6.32. The van der Waals surface area contributed by atoms with Gasteiger partial charge in [0.25, 0.3) is 0 Å². The number of nitrogens with zero attached hydrogens (tertiary/aromatic N) is 2. The molecule has 0 aliphatic heterocycles. The molecule has 0 aliphatic carbocycles. The highest BCUT2D eigenvalue weighted by atomic mass is 32.2. The summed E-state index contributed by atoms with van der Waals surface area (Å²) in [7, 11) is 0. The molecule has 19 heavy (non-hydrogen) atoms. The van der Waals surface area contributed by atoms with Crippen molar-refractivity contribution >= 4 is 11.8 Å². The molecule has 1 atom stereocenters. The summed E-state index contributed by atoms with van der Waals surface area (Å²) in [5.41, 5.74) is 7.26. The summed E-state index contributed by atoms with van der Waals surface area (Å²) in [6.07, 6.45) is 4.71. The van der Waals surface area contributed by atoms with Crippen molar-refractivity contribution in [2.75, 3.05) is 5.75 Å². The Labute approximate surface area is 117 Å². The number of aromatic nitrogens is 2. The Morgan fingerprint density at radius 3 is 2.74 bits per heavy atom. The van der Waals surface area contributed by atoms with E-state index in [1.54, 1.807) is 23.9 Å². The van der Waals surface area contributed by atoms with E-state index in [9.17, 15) is 4.39 Å². The lowest BCUT2D eigenvalue weighted by Gasteiger charge is -2.09. The van der Waals surface area contributed by atoms with Crippen molar-refractivity contribution in [1.29, 1.82) is 0 Å². The molecule has 0 aliphatic rings. The number of nitrogens with two attached hydrogens (primary N) is 1. The van der Waals surface area contributed by atoms with Gasteiger partial charge in [-0.3, -0.25) is 4.68 Å². The summed E-state index contributed by atoms with van der Waals surface area (Å²) in [4.78, 5) is 1.04. The summed E-state index contributed by atoms with van der Waals surface area (Å²) in [6.45, 7) is 2.93. The van der Waals surface area contributed by atoms with Crippen LogP contribution in [0.3, 0.4) is 0 Å². The lowest BCUT2D eigenvalue weighted by molar-refractivity contribution is 0.626. The van der Waals surface area contributed by atoms with Gasteiger partial charge >= 0.3 is 0 Å². The van der Waals surface area contributed by atoms with Crippen LogP contribution >= 0.6 is 11.8 Å². The van der Waals surface area contributed by atoms with E-state index in [0.717, 1.165) is 29.2 Å². The van der Waals surface area contributed by atoms with Gasteiger partial charge in [-0.1, -0.05) is 0 Å². The van der Waals surface area contributed by atoms with Gasteiger partial charge in [-0.15, -0.1) is 11.8 Å². The lowest BCUT2D eigenvalue weighted by Crippen LogP contribution is -2.25. The third-order valence-corrected chi connectivity index (χ3v) is 3.99. The molecule has 0 saturated carbocycles. The fourth-order valence-corrected chi connectivity index (χ4v) is 2.63. The van der Waals surface area contributed by atoms with Crippen molar-refractivity contribution in [3.63, 3.8) is 0 Å². The van der Waals surface area contributed by atoms with Crippen molar-refractivity contribution < 1.29 is 4.39 Å². The fraction of sp³-hybridized carbons (Fsp3) is 0.357. The maximum Gasteiger partial charge on any atom is 0.123 e. The van der Waals surface area contributed by atoms with E-state index in [4.69, 9.17) is 5.73 Å². The monoisotopic (exact) mass is 279 g/mol. The predicted octanol–water partition coefficient (Wildman–Crippen LogP) is 2.70. The van der Waals surface area contributed by atoms with Gasteiger partial charge in [0.05, 0.1) is 6.20 Å². The van der Waals surface area contributed by atoms with Crippen LogP contribution in [0.5, 0.6) is 0 Å². The SMILES string of the molecule is CCn1cc(CC(N)CSc2ccc(F)cc2)cn1. The van der Waals surface area contributed by atoms with Crippen LogP contribution in [0.25, 0.3) is 0 Å². The number of halogens is 1. The third kappa shape index (κ3) is 4.36. The number of thioether (sulfide) groups is 1. The Bertz CT molecular complexity index is 510. The minimum Gasteiger partial charge on any atom is -0.327 e. The first kappa shape index (κ1) is 14.1. The molecule has 2 rings (SSSR count). The molecule has 1 aromatic heterocycles. The molecule has 1 unspecified atom stereocenters. The van der Waals surface area contributed by atoms with Crippen LogP contribution in [0.1, 0.15) is 12.5 Å². The molecule has 0 fully saturated rings. The van der Waals surface area contributed by atoms with Crippen molar-refractivity contribution in [3.8, 4) is 0 Å². The highest BCUT2D eigenvalue weighted by Crippen LogP contribution is 2.19. The Morgan fingerprint density at radius 1 is 1.37 bits per heavy atom. The second-order valence-corrected chi connectivity index (χ2v) is 5.53. The van der Waals surface area contributed by atoms with E-state index in [2.05, 4.69) is 12.0 Å². The molecule has 2 aromatic rings. The van der Waals surface area contributed by atoms with Crippen LogP contribution < -0.4 is 5.73 Å². The molecule has 102 valence electrons. The van der Waals surface area contributed by atoms with Crippen LogP contribution in [0.15, 0.2) is 41.6 Å². The van der Waals surface area contributed by atoms with Gasteiger partial charge in [0, 0.05) is 29.4 Å². The number of hydrogen-bond acceptors (Lipinski definition) is 3. The van der Waals surface area contributed by atoms with E-state index in [0.29, 0.717) is 0 Å². The van der Waals surface area contributed by atoms with Crippen molar-refractivity contribution in [3.05, 3.63) is 48.0 Å². The minimum atomic E-state index is -0.208. The Hall–Kier alpha value is -1.33. The summed E-state index contributed by atoms with van der Waals surface area (Å²) < 4.78 is 14.7. The average molecular weight is 279 g/mol. The summed E-state index contributed by atoms with van der Waals surface area (Å²) in [5.74, 6) is 0.601. The standard InChI is InChI=1S/C14H18FN3S/c1-2-18-9-11(8-17-18)7-13(16)10-19-14-5-3-12(15)4-6-14/h3-6,8-9,13H,2,7,10,16H2,1H3. The highest BCUT2D eigenvalue weighted by Gasteiger charge is 2.07. The van der Waals surface area contributed by atoms with E-state index >= 15 is 0 Å². The smallest absolute Gasteiger partial charge is 0.123 e. The van der Waals surface area contributed by atoms with Crippen LogP contribution in [0.2, 0.25) is 0 Å².